The highest BCUT2D eigenvalue weighted by atomic mass is 19.1. The summed E-state index contributed by atoms with van der Waals surface area (Å²) in [5.74, 6) is -1.44. The number of carbonyl (C=O) groups excluding carboxylic acids is 2. The first-order valence-electron chi connectivity index (χ1n) is 5.59. The van der Waals surface area contributed by atoms with Crippen LogP contribution in [0, 0.1) is 5.82 Å². The van der Waals surface area contributed by atoms with Crippen LogP contribution in [-0.4, -0.2) is 24.4 Å². The van der Waals surface area contributed by atoms with Crippen LogP contribution in [0.3, 0.4) is 0 Å². The largest absolute Gasteiger partial charge is 0.398 e. The number of hydrogen-bond donors (Lipinski definition) is 3. The Bertz CT molecular complexity index is 463. The van der Waals surface area contributed by atoms with Gasteiger partial charge in [-0.15, -0.1) is 0 Å². The van der Waals surface area contributed by atoms with Crippen LogP contribution in [-0.2, 0) is 4.79 Å². The second-order valence-electron chi connectivity index (χ2n) is 3.82. The summed E-state index contributed by atoms with van der Waals surface area (Å²) in [6.07, 6.45) is 0. The van der Waals surface area contributed by atoms with E-state index in [9.17, 15) is 14.0 Å². The Morgan fingerprint density at radius 3 is 2.72 bits per heavy atom. The highest BCUT2D eigenvalue weighted by Gasteiger charge is 2.17. The first-order chi connectivity index (χ1) is 8.45. The lowest BCUT2D eigenvalue weighted by atomic mass is 10.1. The van der Waals surface area contributed by atoms with Crippen LogP contribution in [0.4, 0.5) is 10.1 Å². The number of likely N-dealkylation sites (N-methyl/N-ethyl adjacent to an activating group) is 1. The van der Waals surface area contributed by atoms with Gasteiger partial charge in [0.15, 0.2) is 0 Å². The molecule has 0 bridgehead atoms. The van der Waals surface area contributed by atoms with Gasteiger partial charge in [0.2, 0.25) is 5.91 Å². The minimum atomic E-state index is -0.708. The highest BCUT2D eigenvalue weighted by molar-refractivity contribution is 6.01. The van der Waals surface area contributed by atoms with Gasteiger partial charge in [-0.05, 0) is 32.0 Å². The van der Waals surface area contributed by atoms with E-state index in [0.29, 0.717) is 6.54 Å². The number of amides is 2. The van der Waals surface area contributed by atoms with E-state index in [1.807, 2.05) is 0 Å². The summed E-state index contributed by atoms with van der Waals surface area (Å²) in [4.78, 5) is 23.2. The predicted octanol–water partition coefficient (Wildman–Crippen LogP) is 0.662. The Kier molecular flexibility index (Phi) is 4.65. The molecule has 0 aliphatic rings. The van der Waals surface area contributed by atoms with E-state index >= 15 is 0 Å². The molecule has 0 aliphatic carbocycles. The molecule has 1 aromatic rings. The second kappa shape index (κ2) is 6.00. The molecule has 5 nitrogen and oxygen atoms in total. The summed E-state index contributed by atoms with van der Waals surface area (Å²) in [7, 11) is 0. The zero-order valence-electron chi connectivity index (χ0n) is 10.3. The van der Waals surface area contributed by atoms with Crippen molar-refractivity contribution >= 4 is 17.5 Å². The molecule has 4 N–H and O–H groups in total. The lowest BCUT2D eigenvalue weighted by Crippen LogP contribution is -2.44. The average Bonchev–Trinajstić information content (AvgIpc) is 2.32. The van der Waals surface area contributed by atoms with Gasteiger partial charge in [-0.1, -0.05) is 0 Å². The molecule has 0 saturated carbocycles. The fourth-order valence-electron chi connectivity index (χ4n) is 1.39. The Morgan fingerprint density at radius 1 is 1.44 bits per heavy atom. The zero-order chi connectivity index (χ0) is 13.7. The lowest BCUT2D eigenvalue weighted by molar-refractivity contribution is -0.122. The minimum absolute atomic E-state index is 0.0196. The maximum absolute atomic E-state index is 13.0. The molecule has 1 aromatic carbocycles. The maximum atomic E-state index is 13.0. The van der Waals surface area contributed by atoms with Gasteiger partial charge in [-0.25, -0.2) is 4.39 Å². The van der Waals surface area contributed by atoms with Gasteiger partial charge in [0, 0.05) is 12.2 Å². The Balaban J connectivity index is 2.76. The molecule has 0 spiro atoms. The third-order valence-corrected chi connectivity index (χ3v) is 2.35. The predicted molar refractivity (Wildman–Crippen MR) is 66.4 cm³/mol. The highest BCUT2D eigenvalue weighted by Crippen LogP contribution is 2.13. The van der Waals surface area contributed by atoms with Crippen molar-refractivity contribution in [3.63, 3.8) is 0 Å². The van der Waals surface area contributed by atoms with Crippen LogP contribution in [0.2, 0.25) is 0 Å². The van der Waals surface area contributed by atoms with Gasteiger partial charge in [0.1, 0.15) is 11.9 Å². The van der Waals surface area contributed by atoms with Crippen molar-refractivity contribution in [1.29, 1.82) is 0 Å². The molecule has 0 aromatic heterocycles. The summed E-state index contributed by atoms with van der Waals surface area (Å²) >= 11 is 0. The van der Waals surface area contributed by atoms with Crippen LogP contribution in [0.25, 0.3) is 0 Å². The van der Waals surface area contributed by atoms with Gasteiger partial charge in [0.05, 0.1) is 5.56 Å². The molecule has 0 saturated heterocycles. The van der Waals surface area contributed by atoms with Gasteiger partial charge in [0.25, 0.3) is 5.91 Å². The summed E-state index contributed by atoms with van der Waals surface area (Å²) in [6, 6.07) is 2.80. The number of rotatable bonds is 4. The third-order valence-electron chi connectivity index (χ3n) is 2.35. The molecule has 98 valence electrons. The first-order valence-corrected chi connectivity index (χ1v) is 5.59. The number of hydrogen-bond acceptors (Lipinski definition) is 3. The van der Waals surface area contributed by atoms with Gasteiger partial charge >= 0.3 is 0 Å². The van der Waals surface area contributed by atoms with E-state index in [4.69, 9.17) is 5.73 Å². The molecule has 1 unspecified atom stereocenters. The molecule has 0 aliphatic heterocycles. The number of anilines is 1. The van der Waals surface area contributed by atoms with E-state index in [0.717, 1.165) is 6.07 Å². The van der Waals surface area contributed by atoms with Crippen molar-refractivity contribution in [3.8, 4) is 0 Å². The van der Waals surface area contributed by atoms with Crippen LogP contribution < -0.4 is 16.4 Å². The average molecular weight is 253 g/mol. The van der Waals surface area contributed by atoms with Gasteiger partial charge in [-0.3, -0.25) is 9.59 Å². The monoisotopic (exact) mass is 253 g/mol. The Morgan fingerprint density at radius 2 is 2.11 bits per heavy atom. The van der Waals surface area contributed by atoms with E-state index in [-0.39, 0.29) is 17.2 Å². The molecule has 1 atom stereocenters. The van der Waals surface area contributed by atoms with Crippen molar-refractivity contribution in [3.05, 3.63) is 29.6 Å². The number of nitrogens with one attached hydrogen (secondary N) is 2. The quantitative estimate of drug-likeness (QED) is 0.689. The number of nitrogens with two attached hydrogens (primary N) is 1. The molecule has 18 heavy (non-hydrogen) atoms. The van der Waals surface area contributed by atoms with Crippen molar-refractivity contribution < 1.29 is 14.0 Å². The van der Waals surface area contributed by atoms with E-state index in [2.05, 4.69) is 10.6 Å². The van der Waals surface area contributed by atoms with Gasteiger partial charge in [-0.2, -0.15) is 0 Å². The molecule has 1 rings (SSSR count). The topological polar surface area (TPSA) is 84.2 Å². The van der Waals surface area contributed by atoms with Crippen LogP contribution in [0.1, 0.15) is 24.2 Å². The molecule has 0 fully saturated rings. The molecular formula is C12H16FN3O2. The van der Waals surface area contributed by atoms with Crippen molar-refractivity contribution in [2.75, 3.05) is 12.3 Å². The molecular weight excluding hydrogens is 237 g/mol. The van der Waals surface area contributed by atoms with E-state index in [1.165, 1.54) is 12.1 Å². The summed E-state index contributed by atoms with van der Waals surface area (Å²) in [5.41, 5.74) is 5.76. The Hall–Kier alpha value is -2.11. The molecule has 2 amide bonds. The fourth-order valence-corrected chi connectivity index (χ4v) is 1.39. The summed E-state index contributed by atoms with van der Waals surface area (Å²) < 4.78 is 13.0. The fraction of sp³-hybridized carbons (Fsp3) is 0.333. The SMILES string of the molecule is CCNC(=O)C(C)NC(=O)c1cc(F)ccc1N. The third kappa shape index (κ3) is 3.44. The summed E-state index contributed by atoms with van der Waals surface area (Å²) in [5, 5.41) is 5.02. The number of nitrogen functional groups attached to an aromatic ring is 1. The number of halogens is 1. The number of carbonyl (C=O) groups is 2. The van der Waals surface area contributed by atoms with Crippen molar-refractivity contribution in [2.24, 2.45) is 0 Å². The van der Waals surface area contributed by atoms with Crippen LogP contribution in [0.5, 0.6) is 0 Å². The first kappa shape index (κ1) is 14.0. The van der Waals surface area contributed by atoms with Crippen molar-refractivity contribution in [2.45, 2.75) is 19.9 Å². The van der Waals surface area contributed by atoms with Crippen LogP contribution in [0.15, 0.2) is 18.2 Å². The molecule has 0 heterocycles. The normalized spacial score (nSPS) is 11.7. The lowest BCUT2D eigenvalue weighted by Gasteiger charge is -2.14. The minimum Gasteiger partial charge on any atom is -0.398 e. The standard InChI is InChI=1S/C12H16FN3O2/c1-3-15-11(17)7(2)16-12(18)9-6-8(13)4-5-10(9)14/h4-7H,3,14H2,1-2H3,(H,15,17)(H,16,18). The van der Waals surface area contributed by atoms with E-state index < -0.39 is 17.8 Å². The van der Waals surface area contributed by atoms with Crippen LogP contribution >= 0.6 is 0 Å². The smallest absolute Gasteiger partial charge is 0.254 e. The van der Waals surface area contributed by atoms with E-state index in [1.54, 1.807) is 13.8 Å². The second-order valence-corrected chi connectivity index (χ2v) is 3.82. The number of benzene rings is 1. The Labute approximate surface area is 105 Å². The molecule has 0 radical (unpaired) electrons. The zero-order valence-corrected chi connectivity index (χ0v) is 10.3. The van der Waals surface area contributed by atoms with Crippen molar-refractivity contribution in [1.82, 2.24) is 10.6 Å². The van der Waals surface area contributed by atoms with Gasteiger partial charge < -0.3 is 16.4 Å². The molecule has 6 heteroatoms. The summed E-state index contributed by atoms with van der Waals surface area (Å²) in [6.45, 7) is 3.79. The maximum Gasteiger partial charge on any atom is 0.254 e.